The average molecular weight is 404 g/mol. The summed E-state index contributed by atoms with van der Waals surface area (Å²) in [5.41, 5.74) is 0.544. The summed E-state index contributed by atoms with van der Waals surface area (Å²) in [7, 11) is 0. The molecule has 139 valence electrons. The predicted octanol–water partition coefficient (Wildman–Crippen LogP) is 1.86. The lowest BCUT2D eigenvalue weighted by Gasteiger charge is -2.16. The maximum atomic E-state index is 12.4. The first kappa shape index (κ1) is 19.2. The van der Waals surface area contributed by atoms with E-state index in [1.165, 1.54) is 18.5 Å². The number of halogens is 2. The minimum absolute atomic E-state index is 0.0928. The van der Waals surface area contributed by atoms with E-state index >= 15 is 0 Å². The zero-order valence-electron chi connectivity index (χ0n) is 14.7. The lowest BCUT2D eigenvalue weighted by atomic mass is 9.90. The second-order valence-electron chi connectivity index (χ2n) is 6.77. The van der Waals surface area contributed by atoms with E-state index < -0.39 is 16.5 Å². The van der Waals surface area contributed by atoms with Crippen LogP contribution in [0.5, 0.6) is 0 Å². The van der Waals surface area contributed by atoms with E-state index in [0.717, 1.165) is 5.69 Å². The molecule has 1 radical (unpaired) electrons. The number of nitrogens with one attached hydrogen (secondary N) is 3. The second-order valence-corrected chi connectivity index (χ2v) is 7.65. The molecule has 0 saturated carbocycles. The van der Waals surface area contributed by atoms with Crippen molar-refractivity contribution in [3.63, 3.8) is 0 Å². The van der Waals surface area contributed by atoms with Crippen LogP contribution in [0, 0.1) is 6.92 Å². The Balaban J connectivity index is 2.14. The first-order valence-corrected chi connectivity index (χ1v) is 8.80. The van der Waals surface area contributed by atoms with Crippen molar-refractivity contribution in [3.05, 3.63) is 89.9 Å². The lowest BCUT2D eigenvalue weighted by molar-refractivity contribution is 0.641. The third-order valence-electron chi connectivity index (χ3n) is 3.81. The molecular weight excluding hydrogens is 387 g/mol. The molecule has 3 aromatic rings. The Morgan fingerprint density at radius 2 is 1.56 bits per heavy atom. The fraction of sp³-hybridized carbons (Fsp3) is 0.158. The number of imidazole rings is 1. The molecule has 0 aliphatic rings. The molecular formula is C19H17Cl2N4O2. The van der Waals surface area contributed by atoms with Gasteiger partial charge in [0.15, 0.2) is 0 Å². The Kier molecular flexibility index (Phi) is 5.13. The largest absolute Gasteiger partial charge is 0.348 e. The molecule has 0 atom stereocenters. The van der Waals surface area contributed by atoms with Crippen LogP contribution in [-0.2, 0) is 5.41 Å². The van der Waals surface area contributed by atoms with Crippen molar-refractivity contribution in [1.29, 1.82) is 0 Å². The maximum absolute atomic E-state index is 12.4. The standard InChI is InChI=1S/C19H17Cl2N4O2/c1-19(2,3)16-13(22-9-23-16)8-15-18(27)24-14(17(26)25-15)6-10-4-11(20)7-12(21)5-10/h4-9H,1H2,2-3H3,(H,22,23)(H,24,27)(H,25,26)/b14-6-,15-8-. The van der Waals surface area contributed by atoms with Gasteiger partial charge < -0.3 is 15.0 Å². The smallest absolute Gasteiger partial charge is 0.272 e. The predicted molar refractivity (Wildman–Crippen MR) is 108 cm³/mol. The molecule has 0 saturated heterocycles. The van der Waals surface area contributed by atoms with Crippen LogP contribution in [0.3, 0.4) is 0 Å². The van der Waals surface area contributed by atoms with Crippen molar-refractivity contribution in [2.45, 2.75) is 19.3 Å². The highest BCUT2D eigenvalue weighted by Gasteiger charge is 2.19. The van der Waals surface area contributed by atoms with E-state index in [2.05, 4.69) is 26.9 Å². The lowest BCUT2D eigenvalue weighted by Crippen LogP contribution is -2.46. The number of aromatic amines is 3. The van der Waals surface area contributed by atoms with Gasteiger partial charge in [0.1, 0.15) is 10.7 Å². The van der Waals surface area contributed by atoms with Crippen molar-refractivity contribution >= 4 is 35.4 Å². The van der Waals surface area contributed by atoms with E-state index in [1.54, 1.807) is 18.2 Å². The van der Waals surface area contributed by atoms with Gasteiger partial charge in [-0.2, -0.15) is 0 Å². The van der Waals surface area contributed by atoms with Gasteiger partial charge in [-0.15, -0.1) is 0 Å². The second kappa shape index (κ2) is 7.21. The molecule has 0 amide bonds. The summed E-state index contributed by atoms with van der Waals surface area (Å²) < 4.78 is 0. The Labute approximate surface area is 164 Å². The molecule has 2 heterocycles. The number of H-pyrrole nitrogens is 3. The molecule has 8 heteroatoms. The Morgan fingerprint density at radius 3 is 2.11 bits per heavy atom. The van der Waals surface area contributed by atoms with Crippen LogP contribution < -0.4 is 21.8 Å². The summed E-state index contributed by atoms with van der Waals surface area (Å²) in [4.78, 5) is 37.2. The zero-order valence-corrected chi connectivity index (χ0v) is 16.2. The monoisotopic (exact) mass is 403 g/mol. The number of hydrogen-bond acceptors (Lipinski definition) is 3. The van der Waals surface area contributed by atoms with Gasteiger partial charge >= 0.3 is 0 Å². The highest BCUT2D eigenvalue weighted by atomic mass is 35.5. The van der Waals surface area contributed by atoms with Gasteiger partial charge in [0.05, 0.1) is 12.0 Å². The molecule has 2 aromatic heterocycles. The van der Waals surface area contributed by atoms with Crippen LogP contribution in [0.2, 0.25) is 10.0 Å². The number of nitrogens with zero attached hydrogens (tertiary/aromatic N) is 1. The van der Waals surface area contributed by atoms with E-state index in [9.17, 15) is 9.59 Å². The first-order valence-electron chi connectivity index (χ1n) is 8.05. The van der Waals surface area contributed by atoms with E-state index in [4.69, 9.17) is 23.2 Å². The summed E-state index contributed by atoms with van der Waals surface area (Å²) in [6.07, 6.45) is 4.53. The fourth-order valence-electron chi connectivity index (χ4n) is 2.61. The number of aromatic nitrogens is 4. The number of hydrogen-bond donors (Lipinski definition) is 3. The molecule has 0 aliphatic carbocycles. The summed E-state index contributed by atoms with van der Waals surface area (Å²) in [6.45, 7) is 7.89. The fourth-order valence-corrected chi connectivity index (χ4v) is 3.16. The van der Waals surface area contributed by atoms with Gasteiger partial charge in [-0.1, -0.05) is 37.0 Å². The van der Waals surface area contributed by atoms with E-state index in [1.807, 2.05) is 13.8 Å². The van der Waals surface area contributed by atoms with Gasteiger partial charge in [0.2, 0.25) is 0 Å². The number of benzene rings is 1. The van der Waals surface area contributed by atoms with Crippen LogP contribution >= 0.6 is 23.2 Å². The first-order chi connectivity index (χ1) is 12.6. The molecule has 27 heavy (non-hydrogen) atoms. The van der Waals surface area contributed by atoms with Crippen molar-refractivity contribution in [3.8, 4) is 0 Å². The minimum atomic E-state index is -0.456. The van der Waals surface area contributed by atoms with Gasteiger partial charge in [-0.25, -0.2) is 4.98 Å². The average Bonchev–Trinajstić information content (AvgIpc) is 2.99. The van der Waals surface area contributed by atoms with Crippen molar-refractivity contribution in [1.82, 2.24) is 19.9 Å². The molecule has 0 aliphatic heterocycles. The van der Waals surface area contributed by atoms with Gasteiger partial charge in [-0.05, 0) is 42.8 Å². The molecule has 0 bridgehead atoms. The highest BCUT2D eigenvalue weighted by Crippen LogP contribution is 2.22. The molecule has 0 fully saturated rings. The highest BCUT2D eigenvalue weighted by molar-refractivity contribution is 6.34. The van der Waals surface area contributed by atoms with Crippen molar-refractivity contribution in [2.24, 2.45) is 0 Å². The third-order valence-corrected chi connectivity index (χ3v) is 4.24. The summed E-state index contributed by atoms with van der Waals surface area (Å²) in [5, 5.41) is 1.05. The zero-order chi connectivity index (χ0) is 19.8. The number of rotatable bonds is 3. The summed E-state index contributed by atoms with van der Waals surface area (Å²) >= 11 is 11.9. The minimum Gasteiger partial charge on any atom is -0.348 e. The van der Waals surface area contributed by atoms with Crippen LogP contribution in [0.1, 0.15) is 30.8 Å². The molecule has 1 aromatic carbocycles. The summed E-state index contributed by atoms with van der Waals surface area (Å²) in [6, 6.07) is 4.85. The normalized spacial score (nSPS) is 13.4. The SMILES string of the molecule is [CH2]C(C)(C)c1[nH]cnc1/C=c1\[nH]c(=O)/c(=C/c2cc(Cl)cc(Cl)c2)[nH]c1=O. The third kappa shape index (κ3) is 4.40. The summed E-state index contributed by atoms with van der Waals surface area (Å²) in [5.74, 6) is 0. The van der Waals surface area contributed by atoms with Crippen LogP contribution in [0.4, 0.5) is 0 Å². The van der Waals surface area contributed by atoms with Gasteiger partial charge in [0, 0.05) is 21.2 Å². The van der Waals surface area contributed by atoms with Crippen LogP contribution in [0.25, 0.3) is 12.2 Å². The Hall–Kier alpha value is -2.57. The van der Waals surface area contributed by atoms with Crippen molar-refractivity contribution in [2.75, 3.05) is 0 Å². The van der Waals surface area contributed by atoms with Crippen molar-refractivity contribution < 1.29 is 0 Å². The van der Waals surface area contributed by atoms with Crippen LogP contribution in [-0.4, -0.2) is 19.9 Å². The van der Waals surface area contributed by atoms with Crippen LogP contribution in [0.15, 0.2) is 34.1 Å². The van der Waals surface area contributed by atoms with E-state index in [-0.39, 0.29) is 10.7 Å². The molecule has 3 N–H and O–H groups in total. The molecule has 3 rings (SSSR count). The Bertz CT molecular complexity index is 1210. The van der Waals surface area contributed by atoms with E-state index in [0.29, 0.717) is 21.3 Å². The van der Waals surface area contributed by atoms with Gasteiger partial charge in [0.25, 0.3) is 11.1 Å². The maximum Gasteiger partial charge on any atom is 0.272 e. The Morgan fingerprint density at radius 1 is 1.00 bits per heavy atom. The topological polar surface area (TPSA) is 94.4 Å². The molecule has 0 unspecified atom stereocenters. The van der Waals surface area contributed by atoms with Gasteiger partial charge in [-0.3, -0.25) is 9.59 Å². The quantitative estimate of drug-likeness (QED) is 0.622. The molecule has 6 nitrogen and oxygen atoms in total. The molecule has 0 spiro atoms.